The molecule has 0 atom stereocenters. The van der Waals surface area contributed by atoms with Crippen molar-refractivity contribution in [1.29, 1.82) is 0 Å². The number of hydrogen-bond acceptors (Lipinski definition) is 3. The molecule has 0 fully saturated rings. The molecule has 0 saturated heterocycles. The number of hydrogen-bond donors (Lipinski definition) is 2. The van der Waals surface area contributed by atoms with Gasteiger partial charge < -0.3 is 15.3 Å². The predicted molar refractivity (Wildman–Crippen MR) is 93.8 cm³/mol. The number of carbonyl (C=O) groups is 1. The third kappa shape index (κ3) is 4.11. The average Bonchev–Trinajstić information content (AvgIpc) is 3.07. The van der Waals surface area contributed by atoms with E-state index in [0.717, 1.165) is 24.1 Å². The number of aryl methyl sites for hydroxylation is 2. The van der Waals surface area contributed by atoms with E-state index in [9.17, 15) is 4.79 Å². The third-order valence-corrected chi connectivity index (χ3v) is 4.35. The minimum absolute atomic E-state index is 0.0684. The largest absolute Gasteiger partial charge is 0.396 e. The zero-order valence-electron chi connectivity index (χ0n) is 13.7. The van der Waals surface area contributed by atoms with Gasteiger partial charge in [-0.3, -0.25) is 4.98 Å². The molecule has 1 aliphatic rings. The highest BCUT2D eigenvalue weighted by Crippen LogP contribution is 2.25. The first kappa shape index (κ1) is 16.5. The Morgan fingerprint density at radius 2 is 1.96 bits per heavy atom. The van der Waals surface area contributed by atoms with E-state index in [-0.39, 0.29) is 12.6 Å². The summed E-state index contributed by atoms with van der Waals surface area (Å²) in [5.74, 6) is 0. The van der Waals surface area contributed by atoms with Gasteiger partial charge in [0, 0.05) is 37.8 Å². The number of aliphatic hydroxyl groups excluding tert-OH is 1. The smallest absolute Gasteiger partial charge is 0.322 e. The molecule has 2 N–H and O–H groups in total. The fraction of sp³-hybridized carbons (Fsp3) is 0.368. The molecule has 0 spiro atoms. The summed E-state index contributed by atoms with van der Waals surface area (Å²) in [6, 6.07) is 9.82. The Morgan fingerprint density at radius 1 is 1.17 bits per heavy atom. The molecule has 5 nitrogen and oxygen atoms in total. The van der Waals surface area contributed by atoms with E-state index in [2.05, 4.69) is 22.4 Å². The Hall–Kier alpha value is -2.40. The lowest BCUT2D eigenvalue weighted by Gasteiger charge is -2.23. The number of carbonyl (C=O) groups excluding carboxylic acids is 1. The van der Waals surface area contributed by atoms with Gasteiger partial charge in [-0.25, -0.2) is 4.79 Å². The van der Waals surface area contributed by atoms with Gasteiger partial charge in [0.15, 0.2) is 0 Å². The van der Waals surface area contributed by atoms with Crippen LogP contribution in [0.4, 0.5) is 10.5 Å². The van der Waals surface area contributed by atoms with Gasteiger partial charge in [0.2, 0.25) is 0 Å². The molecule has 0 unspecified atom stereocenters. The number of rotatable bonds is 6. The summed E-state index contributed by atoms with van der Waals surface area (Å²) in [6.45, 7) is 1.08. The number of anilines is 1. The van der Waals surface area contributed by atoms with E-state index in [1.54, 1.807) is 17.3 Å². The molecule has 0 saturated carbocycles. The molecule has 1 aromatic heterocycles. The second kappa shape index (κ2) is 7.93. The van der Waals surface area contributed by atoms with Crippen molar-refractivity contribution in [3.8, 4) is 0 Å². The minimum Gasteiger partial charge on any atom is -0.396 e. The van der Waals surface area contributed by atoms with Crippen molar-refractivity contribution in [3.05, 3.63) is 59.4 Å². The second-order valence-corrected chi connectivity index (χ2v) is 6.12. The summed E-state index contributed by atoms with van der Waals surface area (Å²) < 4.78 is 0. The first-order chi connectivity index (χ1) is 11.8. The summed E-state index contributed by atoms with van der Waals surface area (Å²) in [5, 5.41) is 12.1. The van der Waals surface area contributed by atoms with Crippen molar-refractivity contribution in [2.24, 2.45) is 0 Å². The standard InChI is InChI=1S/C19H23N3O2/c23-12-2-11-22(14-15-7-9-20-10-8-15)19(24)21-18-6-5-16-3-1-4-17(16)13-18/h5-10,13,23H,1-4,11-12,14H2,(H,21,24). The lowest BCUT2D eigenvalue weighted by Crippen LogP contribution is -2.35. The fourth-order valence-electron chi connectivity index (χ4n) is 3.07. The van der Waals surface area contributed by atoms with Gasteiger partial charge in [-0.05, 0) is 66.6 Å². The third-order valence-electron chi connectivity index (χ3n) is 4.35. The molecule has 2 amide bonds. The van der Waals surface area contributed by atoms with Crippen molar-refractivity contribution >= 4 is 11.7 Å². The molecule has 1 heterocycles. The molecule has 0 radical (unpaired) electrons. The van der Waals surface area contributed by atoms with Crippen LogP contribution in [0.1, 0.15) is 29.5 Å². The molecule has 5 heteroatoms. The quantitative estimate of drug-likeness (QED) is 0.858. The van der Waals surface area contributed by atoms with E-state index >= 15 is 0 Å². The summed E-state index contributed by atoms with van der Waals surface area (Å²) >= 11 is 0. The van der Waals surface area contributed by atoms with E-state index in [0.29, 0.717) is 19.5 Å². The van der Waals surface area contributed by atoms with Gasteiger partial charge in [-0.1, -0.05) is 6.07 Å². The Morgan fingerprint density at radius 3 is 2.75 bits per heavy atom. The highest BCUT2D eigenvalue weighted by Gasteiger charge is 2.16. The lowest BCUT2D eigenvalue weighted by molar-refractivity contribution is 0.199. The monoisotopic (exact) mass is 325 g/mol. The molecule has 126 valence electrons. The van der Waals surface area contributed by atoms with Crippen molar-refractivity contribution in [1.82, 2.24) is 9.88 Å². The van der Waals surface area contributed by atoms with Crippen molar-refractivity contribution in [2.45, 2.75) is 32.2 Å². The van der Waals surface area contributed by atoms with E-state index < -0.39 is 0 Å². The molecule has 0 aliphatic heterocycles. The van der Waals surface area contributed by atoms with E-state index in [1.165, 1.54) is 17.5 Å². The maximum Gasteiger partial charge on any atom is 0.322 e. The first-order valence-corrected chi connectivity index (χ1v) is 8.44. The summed E-state index contributed by atoms with van der Waals surface area (Å²) in [6.07, 6.45) is 7.41. The normalized spacial score (nSPS) is 12.7. The first-order valence-electron chi connectivity index (χ1n) is 8.44. The van der Waals surface area contributed by atoms with Crippen molar-refractivity contribution in [3.63, 3.8) is 0 Å². The Kier molecular flexibility index (Phi) is 5.43. The maximum atomic E-state index is 12.6. The summed E-state index contributed by atoms with van der Waals surface area (Å²) in [7, 11) is 0. The highest BCUT2D eigenvalue weighted by atomic mass is 16.3. The summed E-state index contributed by atoms with van der Waals surface area (Å²) in [5.41, 5.74) is 4.59. The van der Waals surface area contributed by atoms with Gasteiger partial charge in [0.1, 0.15) is 0 Å². The van der Waals surface area contributed by atoms with Crippen LogP contribution >= 0.6 is 0 Å². The van der Waals surface area contributed by atoms with Crippen LogP contribution in [0.25, 0.3) is 0 Å². The Labute approximate surface area is 142 Å². The predicted octanol–water partition coefficient (Wildman–Crippen LogP) is 2.99. The number of aliphatic hydroxyl groups is 1. The average molecular weight is 325 g/mol. The van der Waals surface area contributed by atoms with Crippen molar-refractivity contribution < 1.29 is 9.90 Å². The van der Waals surface area contributed by atoms with Crippen LogP contribution in [0.5, 0.6) is 0 Å². The van der Waals surface area contributed by atoms with Gasteiger partial charge in [-0.2, -0.15) is 0 Å². The zero-order valence-corrected chi connectivity index (χ0v) is 13.7. The zero-order chi connectivity index (χ0) is 16.8. The van der Waals surface area contributed by atoms with Crippen LogP contribution in [0.2, 0.25) is 0 Å². The molecular formula is C19H23N3O2. The van der Waals surface area contributed by atoms with Crippen LogP contribution < -0.4 is 5.32 Å². The molecule has 24 heavy (non-hydrogen) atoms. The molecule has 2 aromatic rings. The summed E-state index contributed by atoms with van der Waals surface area (Å²) in [4.78, 5) is 18.4. The van der Waals surface area contributed by atoms with Gasteiger partial charge in [-0.15, -0.1) is 0 Å². The van der Waals surface area contributed by atoms with Gasteiger partial charge in [0.05, 0.1) is 0 Å². The topological polar surface area (TPSA) is 65.5 Å². The lowest BCUT2D eigenvalue weighted by atomic mass is 10.1. The molecule has 1 aromatic carbocycles. The van der Waals surface area contributed by atoms with Gasteiger partial charge in [0.25, 0.3) is 0 Å². The molecular weight excluding hydrogens is 302 g/mol. The van der Waals surface area contributed by atoms with Gasteiger partial charge >= 0.3 is 6.03 Å². The Bertz CT molecular complexity index is 688. The van der Waals surface area contributed by atoms with Crippen LogP contribution in [0.15, 0.2) is 42.7 Å². The maximum absolute atomic E-state index is 12.6. The van der Waals surface area contributed by atoms with E-state index in [4.69, 9.17) is 5.11 Å². The second-order valence-electron chi connectivity index (χ2n) is 6.12. The van der Waals surface area contributed by atoms with E-state index in [1.807, 2.05) is 18.2 Å². The number of nitrogens with one attached hydrogen (secondary N) is 1. The number of pyridine rings is 1. The molecule has 0 bridgehead atoms. The number of amides is 2. The van der Waals surface area contributed by atoms with Crippen LogP contribution in [0, 0.1) is 0 Å². The van der Waals surface area contributed by atoms with Crippen LogP contribution in [-0.4, -0.2) is 34.2 Å². The molecule has 1 aliphatic carbocycles. The number of fused-ring (bicyclic) bond motifs is 1. The highest BCUT2D eigenvalue weighted by molar-refractivity contribution is 5.89. The number of nitrogens with zero attached hydrogens (tertiary/aromatic N) is 2. The number of aromatic nitrogens is 1. The fourth-order valence-corrected chi connectivity index (χ4v) is 3.07. The minimum atomic E-state index is -0.141. The number of urea groups is 1. The van der Waals surface area contributed by atoms with Crippen LogP contribution in [-0.2, 0) is 19.4 Å². The Balaban J connectivity index is 1.68. The van der Waals surface area contributed by atoms with Crippen molar-refractivity contribution in [2.75, 3.05) is 18.5 Å². The van der Waals surface area contributed by atoms with Crippen LogP contribution in [0.3, 0.4) is 0 Å². The molecule has 3 rings (SSSR count). The number of benzene rings is 1. The SMILES string of the molecule is O=C(Nc1ccc2c(c1)CCC2)N(CCCO)Cc1ccncc1.